The molecule has 1 heterocycles. The highest BCUT2D eigenvalue weighted by molar-refractivity contribution is 5.71. The molecule has 0 atom stereocenters. The van der Waals surface area contributed by atoms with Crippen molar-refractivity contribution in [3.63, 3.8) is 0 Å². The number of nitrogens with one attached hydrogen (secondary N) is 1. The van der Waals surface area contributed by atoms with Crippen LogP contribution in [-0.2, 0) is 6.54 Å². The quantitative estimate of drug-likeness (QED) is 0.880. The summed E-state index contributed by atoms with van der Waals surface area (Å²) in [6, 6.07) is 8.44. The van der Waals surface area contributed by atoms with Gasteiger partial charge in [0.25, 0.3) is 0 Å². The van der Waals surface area contributed by atoms with Gasteiger partial charge >= 0.3 is 0 Å². The molecule has 0 aliphatic carbocycles. The van der Waals surface area contributed by atoms with Crippen LogP contribution >= 0.6 is 0 Å². The Morgan fingerprint density at radius 1 is 1.26 bits per heavy atom. The first kappa shape index (κ1) is 13.5. The molecule has 1 aromatic carbocycles. The van der Waals surface area contributed by atoms with Crippen LogP contribution in [0, 0.1) is 6.92 Å². The Kier molecular flexibility index (Phi) is 3.79. The van der Waals surface area contributed by atoms with Crippen LogP contribution in [0.3, 0.4) is 0 Å². The monoisotopic (exact) mass is 258 g/mol. The van der Waals surface area contributed by atoms with E-state index in [0.29, 0.717) is 5.92 Å². The molecule has 4 nitrogen and oxygen atoms in total. The molecule has 0 bridgehead atoms. The summed E-state index contributed by atoms with van der Waals surface area (Å²) >= 11 is 0. The highest BCUT2D eigenvalue weighted by Gasteiger charge is 2.11. The van der Waals surface area contributed by atoms with Crippen LogP contribution in [0.15, 0.2) is 24.3 Å². The highest BCUT2D eigenvalue weighted by atomic mass is 15.3. The van der Waals surface area contributed by atoms with Gasteiger partial charge in [0.2, 0.25) is 0 Å². The van der Waals surface area contributed by atoms with E-state index in [4.69, 9.17) is 5.73 Å². The lowest BCUT2D eigenvalue weighted by atomic mass is 10.0. The van der Waals surface area contributed by atoms with E-state index >= 15 is 0 Å². The third kappa shape index (κ3) is 2.72. The standard InChI is InChI=1S/C15H22N4/c1-5-19-15(14(16)11(4)18-19)17-13-8-6-12(7-9-13)10(2)3/h6-10,17H,5,16H2,1-4H3. The van der Waals surface area contributed by atoms with Crippen LogP contribution < -0.4 is 11.1 Å². The fourth-order valence-corrected chi connectivity index (χ4v) is 2.04. The van der Waals surface area contributed by atoms with Crippen molar-refractivity contribution in [3.8, 4) is 0 Å². The van der Waals surface area contributed by atoms with E-state index in [1.807, 2.05) is 11.6 Å². The zero-order valence-electron chi connectivity index (χ0n) is 12.1. The molecule has 0 spiro atoms. The van der Waals surface area contributed by atoms with Gasteiger partial charge in [-0.25, -0.2) is 4.68 Å². The third-order valence-corrected chi connectivity index (χ3v) is 3.31. The highest BCUT2D eigenvalue weighted by Crippen LogP contribution is 2.26. The van der Waals surface area contributed by atoms with Crippen molar-refractivity contribution in [2.24, 2.45) is 0 Å². The number of rotatable bonds is 4. The van der Waals surface area contributed by atoms with Crippen molar-refractivity contribution in [2.75, 3.05) is 11.1 Å². The third-order valence-electron chi connectivity index (χ3n) is 3.31. The first-order valence-corrected chi connectivity index (χ1v) is 6.72. The van der Waals surface area contributed by atoms with Gasteiger partial charge in [0.1, 0.15) is 0 Å². The second-order valence-corrected chi connectivity index (χ2v) is 5.07. The van der Waals surface area contributed by atoms with Gasteiger partial charge in [-0.2, -0.15) is 5.10 Å². The van der Waals surface area contributed by atoms with Gasteiger partial charge in [-0.1, -0.05) is 26.0 Å². The zero-order chi connectivity index (χ0) is 14.0. The summed E-state index contributed by atoms with van der Waals surface area (Å²) in [7, 11) is 0. The Balaban J connectivity index is 2.26. The van der Waals surface area contributed by atoms with Crippen LogP contribution in [0.25, 0.3) is 0 Å². The van der Waals surface area contributed by atoms with E-state index in [2.05, 4.69) is 55.5 Å². The number of nitrogens with zero attached hydrogens (tertiary/aromatic N) is 2. The van der Waals surface area contributed by atoms with Gasteiger partial charge in [0.05, 0.1) is 11.4 Å². The van der Waals surface area contributed by atoms with Gasteiger partial charge in [-0.05, 0) is 37.5 Å². The fraction of sp³-hybridized carbons (Fsp3) is 0.400. The minimum atomic E-state index is 0.544. The number of aryl methyl sites for hydroxylation is 2. The minimum Gasteiger partial charge on any atom is -0.394 e. The Bertz CT molecular complexity index is 552. The molecule has 0 aliphatic heterocycles. The van der Waals surface area contributed by atoms with E-state index in [0.717, 1.165) is 29.4 Å². The van der Waals surface area contributed by atoms with Gasteiger partial charge in [0, 0.05) is 12.2 Å². The van der Waals surface area contributed by atoms with Gasteiger partial charge < -0.3 is 11.1 Å². The molecule has 2 aromatic rings. The molecule has 0 unspecified atom stereocenters. The smallest absolute Gasteiger partial charge is 0.152 e. The Morgan fingerprint density at radius 2 is 1.89 bits per heavy atom. The van der Waals surface area contributed by atoms with E-state index < -0.39 is 0 Å². The maximum Gasteiger partial charge on any atom is 0.152 e. The summed E-state index contributed by atoms with van der Waals surface area (Å²) in [5.41, 5.74) is 10.0. The molecule has 0 amide bonds. The number of aromatic nitrogens is 2. The lowest BCUT2D eigenvalue weighted by molar-refractivity contribution is 0.661. The Morgan fingerprint density at radius 3 is 2.42 bits per heavy atom. The molecular weight excluding hydrogens is 236 g/mol. The summed E-state index contributed by atoms with van der Waals surface area (Å²) < 4.78 is 1.89. The first-order valence-electron chi connectivity index (χ1n) is 6.72. The van der Waals surface area contributed by atoms with Crippen molar-refractivity contribution < 1.29 is 0 Å². The molecule has 19 heavy (non-hydrogen) atoms. The number of nitrogens with two attached hydrogens (primary N) is 1. The summed E-state index contributed by atoms with van der Waals surface area (Å²) in [5, 5.41) is 7.75. The topological polar surface area (TPSA) is 55.9 Å². The molecule has 3 N–H and O–H groups in total. The lowest BCUT2D eigenvalue weighted by Gasteiger charge is -2.11. The lowest BCUT2D eigenvalue weighted by Crippen LogP contribution is -2.04. The van der Waals surface area contributed by atoms with Gasteiger partial charge in [0.15, 0.2) is 5.82 Å². The number of anilines is 3. The zero-order valence-corrected chi connectivity index (χ0v) is 12.1. The van der Waals surface area contributed by atoms with Crippen LogP contribution in [0.2, 0.25) is 0 Å². The van der Waals surface area contributed by atoms with Crippen molar-refractivity contribution in [1.29, 1.82) is 0 Å². The number of nitrogen functional groups attached to an aromatic ring is 1. The maximum absolute atomic E-state index is 6.06. The predicted molar refractivity (Wildman–Crippen MR) is 80.9 cm³/mol. The van der Waals surface area contributed by atoms with Gasteiger partial charge in [-0.15, -0.1) is 0 Å². The maximum atomic E-state index is 6.06. The average molecular weight is 258 g/mol. The second-order valence-electron chi connectivity index (χ2n) is 5.07. The molecule has 102 valence electrons. The SMILES string of the molecule is CCn1nc(C)c(N)c1Nc1ccc(C(C)C)cc1. The second kappa shape index (κ2) is 5.34. The molecule has 0 radical (unpaired) electrons. The molecule has 1 aromatic heterocycles. The Labute approximate surface area is 114 Å². The summed E-state index contributed by atoms with van der Waals surface area (Å²) in [6.07, 6.45) is 0. The van der Waals surface area contributed by atoms with Crippen molar-refractivity contribution >= 4 is 17.2 Å². The van der Waals surface area contributed by atoms with Crippen LogP contribution in [-0.4, -0.2) is 9.78 Å². The van der Waals surface area contributed by atoms with Gasteiger partial charge in [-0.3, -0.25) is 0 Å². The number of hydrogen-bond acceptors (Lipinski definition) is 3. The van der Waals surface area contributed by atoms with Crippen molar-refractivity contribution in [1.82, 2.24) is 9.78 Å². The Hall–Kier alpha value is -1.97. The van der Waals surface area contributed by atoms with Crippen LogP contribution in [0.1, 0.15) is 37.9 Å². The van der Waals surface area contributed by atoms with Crippen LogP contribution in [0.5, 0.6) is 0 Å². The molecule has 4 heteroatoms. The molecular formula is C15H22N4. The number of hydrogen-bond donors (Lipinski definition) is 2. The average Bonchev–Trinajstić information content (AvgIpc) is 2.67. The van der Waals surface area contributed by atoms with E-state index in [1.54, 1.807) is 0 Å². The largest absolute Gasteiger partial charge is 0.394 e. The van der Waals surface area contributed by atoms with E-state index in [1.165, 1.54) is 5.56 Å². The molecule has 2 rings (SSSR count). The summed E-state index contributed by atoms with van der Waals surface area (Å²) in [6.45, 7) is 9.16. The molecule has 0 saturated heterocycles. The van der Waals surface area contributed by atoms with Crippen molar-refractivity contribution in [2.45, 2.75) is 40.2 Å². The summed E-state index contributed by atoms with van der Waals surface area (Å²) in [5.74, 6) is 1.42. The predicted octanol–water partition coefficient (Wildman–Crippen LogP) is 3.66. The normalized spacial score (nSPS) is 11.0. The molecule has 0 aliphatic rings. The molecule has 0 fully saturated rings. The van der Waals surface area contributed by atoms with E-state index in [-0.39, 0.29) is 0 Å². The first-order chi connectivity index (χ1) is 9.02. The number of benzene rings is 1. The van der Waals surface area contributed by atoms with E-state index in [9.17, 15) is 0 Å². The summed E-state index contributed by atoms with van der Waals surface area (Å²) in [4.78, 5) is 0. The van der Waals surface area contributed by atoms with Crippen molar-refractivity contribution in [3.05, 3.63) is 35.5 Å². The molecule has 0 saturated carbocycles. The van der Waals surface area contributed by atoms with Crippen LogP contribution in [0.4, 0.5) is 17.2 Å². The minimum absolute atomic E-state index is 0.544. The fourth-order valence-electron chi connectivity index (χ4n) is 2.04.